The minimum atomic E-state index is -3.98. The second-order valence-electron chi connectivity index (χ2n) is 6.05. The average Bonchev–Trinajstić information content (AvgIpc) is 3.06. The summed E-state index contributed by atoms with van der Waals surface area (Å²) in [7, 11) is -1.32. The molecule has 0 N–H and O–H groups in total. The maximum absolute atomic E-state index is 13.6. The predicted octanol–water partition coefficient (Wildman–Crippen LogP) is 3.88. The number of hydrogen-bond donors (Lipinski definition) is 0. The Morgan fingerprint density at radius 2 is 1.75 bits per heavy atom. The first-order valence-electron chi connectivity index (χ1n) is 7.89. The van der Waals surface area contributed by atoms with Crippen LogP contribution in [0.5, 0.6) is 0 Å². The quantitative estimate of drug-likeness (QED) is 0.563. The van der Waals surface area contributed by atoms with E-state index in [1.54, 1.807) is 0 Å². The molecule has 1 heterocycles. The number of halogens is 3. The summed E-state index contributed by atoms with van der Waals surface area (Å²) in [5, 5.41) is 4.66. The highest BCUT2D eigenvalue weighted by molar-refractivity contribution is 7.87. The van der Waals surface area contributed by atoms with Crippen LogP contribution in [0.1, 0.15) is 15.9 Å². The lowest BCUT2D eigenvalue weighted by molar-refractivity contribution is 0.103. The first kappa shape index (κ1) is 20.5. The second kappa shape index (κ2) is 7.63. The van der Waals surface area contributed by atoms with Crippen molar-refractivity contribution in [1.29, 1.82) is 0 Å². The SMILES string of the molecule is CN(C)S(=O)(=O)n1cc(C(=O)c2cccc(F)c2)c(-c2cc(Cl)cc(Cl)c2)n1. The van der Waals surface area contributed by atoms with Gasteiger partial charge in [0, 0.05) is 35.3 Å². The van der Waals surface area contributed by atoms with E-state index in [1.807, 2.05) is 0 Å². The summed E-state index contributed by atoms with van der Waals surface area (Å²) in [6.45, 7) is 0. The largest absolute Gasteiger partial charge is 0.322 e. The number of aromatic nitrogens is 2. The highest BCUT2D eigenvalue weighted by Gasteiger charge is 2.26. The van der Waals surface area contributed by atoms with E-state index in [2.05, 4.69) is 5.10 Å². The van der Waals surface area contributed by atoms with Crippen molar-refractivity contribution < 1.29 is 17.6 Å². The summed E-state index contributed by atoms with van der Waals surface area (Å²) in [6, 6.07) is 9.59. The van der Waals surface area contributed by atoms with E-state index < -0.39 is 21.8 Å². The van der Waals surface area contributed by atoms with Gasteiger partial charge >= 0.3 is 10.2 Å². The molecule has 0 saturated heterocycles. The van der Waals surface area contributed by atoms with Crippen LogP contribution < -0.4 is 0 Å². The smallest absolute Gasteiger partial charge is 0.288 e. The highest BCUT2D eigenvalue weighted by Crippen LogP contribution is 2.30. The van der Waals surface area contributed by atoms with Crippen LogP contribution in [0.25, 0.3) is 11.3 Å². The predicted molar refractivity (Wildman–Crippen MR) is 106 cm³/mol. The van der Waals surface area contributed by atoms with Gasteiger partial charge in [0.1, 0.15) is 11.5 Å². The molecule has 0 saturated carbocycles. The zero-order valence-corrected chi connectivity index (χ0v) is 17.1. The molecule has 0 bridgehead atoms. The van der Waals surface area contributed by atoms with Gasteiger partial charge in [0.25, 0.3) is 0 Å². The molecule has 0 unspecified atom stereocenters. The van der Waals surface area contributed by atoms with Crippen LogP contribution in [0.4, 0.5) is 4.39 Å². The lowest BCUT2D eigenvalue weighted by atomic mass is 10.0. The molecule has 3 rings (SSSR count). The summed E-state index contributed by atoms with van der Waals surface area (Å²) in [5.41, 5.74) is 0.430. The Kier molecular flexibility index (Phi) is 5.58. The van der Waals surface area contributed by atoms with Crippen LogP contribution in [0.2, 0.25) is 10.0 Å². The maximum Gasteiger partial charge on any atom is 0.322 e. The number of rotatable bonds is 5. The van der Waals surface area contributed by atoms with Crippen LogP contribution in [0, 0.1) is 5.82 Å². The molecule has 0 aliphatic heterocycles. The zero-order chi connectivity index (χ0) is 20.6. The second-order valence-corrected chi connectivity index (χ2v) is 8.92. The van der Waals surface area contributed by atoms with Crippen molar-refractivity contribution >= 4 is 39.2 Å². The fraction of sp³-hybridized carbons (Fsp3) is 0.111. The molecule has 0 aliphatic carbocycles. The third-order valence-electron chi connectivity index (χ3n) is 3.86. The summed E-state index contributed by atoms with van der Waals surface area (Å²) in [4.78, 5) is 13.0. The Bertz CT molecular complexity index is 1160. The normalized spacial score (nSPS) is 11.8. The Balaban J connectivity index is 2.25. The number of ketones is 1. The van der Waals surface area contributed by atoms with E-state index >= 15 is 0 Å². The molecule has 3 aromatic rings. The molecule has 2 aromatic carbocycles. The molecule has 0 aliphatic rings. The van der Waals surface area contributed by atoms with Crippen molar-refractivity contribution in [3.63, 3.8) is 0 Å². The van der Waals surface area contributed by atoms with E-state index in [0.29, 0.717) is 9.65 Å². The summed E-state index contributed by atoms with van der Waals surface area (Å²) < 4.78 is 40.2. The van der Waals surface area contributed by atoms with Crippen LogP contribution >= 0.6 is 23.2 Å². The molecule has 0 radical (unpaired) electrons. The van der Waals surface area contributed by atoms with Gasteiger partial charge in [-0.1, -0.05) is 35.3 Å². The van der Waals surface area contributed by atoms with Crippen molar-refractivity contribution in [3.8, 4) is 11.3 Å². The molecule has 1 aromatic heterocycles. The zero-order valence-electron chi connectivity index (χ0n) is 14.7. The lowest BCUT2D eigenvalue weighted by Gasteiger charge is -2.10. The van der Waals surface area contributed by atoms with Gasteiger partial charge in [-0.05, 0) is 30.3 Å². The topological polar surface area (TPSA) is 72.3 Å². The minimum absolute atomic E-state index is 0.0330. The molecular weight excluding hydrogens is 428 g/mol. The number of nitrogens with zero attached hydrogens (tertiary/aromatic N) is 3. The first-order valence-corrected chi connectivity index (χ1v) is 10.0. The monoisotopic (exact) mass is 441 g/mol. The lowest BCUT2D eigenvalue weighted by Crippen LogP contribution is -2.29. The number of carbonyl (C=O) groups is 1. The van der Waals surface area contributed by atoms with E-state index in [-0.39, 0.29) is 26.9 Å². The fourth-order valence-electron chi connectivity index (χ4n) is 2.49. The van der Waals surface area contributed by atoms with E-state index in [0.717, 1.165) is 16.6 Å². The molecule has 28 heavy (non-hydrogen) atoms. The molecule has 146 valence electrons. The summed E-state index contributed by atoms with van der Waals surface area (Å²) in [5.74, 6) is -1.18. The number of benzene rings is 2. The Labute approximate surface area is 171 Å². The number of hydrogen-bond acceptors (Lipinski definition) is 4. The van der Waals surface area contributed by atoms with Crippen LogP contribution in [-0.2, 0) is 10.2 Å². The molecule has 10 heteroatoms. The van der Waals surface area contributed by atoms with Crippen molar-refractivity contribution in [2.75, 3.05) is 14.1 Å². The molecular formula is C18H14Cl2FN3O3S. The van der Waals surface area contributed by atoms with Gasteiger partial charge in [0.15, 0.2) is 5.78 Å². The van der Waals surface area contributed by atoms with Crippen molar-refractivity contribution in [1.82, 2.24) is 13.5 Å². The molecule has 0 fully saturated rings. The van der Waals surface area contributed by atoms with Gasteiger partial charge in [0.2, 0.25) is 0 Å². The van der Waals surface area contributed by atoms with Gasteiger partial charge in [-0.15, -0.1) is 0 Å². The standard InChI is InChI=1S/C18H14Cl2FN3O3S/c1-23(2)28(26,27)24-10-16(18(25)11-4-3-5-15(21)8-11)17(22-24)12-6-13(19)9-14(20)7-12/h3-10H,1-2H3. The van der Waals surface area contributed by atoms with Crippen LogP contribution in [-0.4, -0.2) is 41.8 Å². The molecule has 0 amide bonds. The Morgan fingerprint density at radius 3 is 2.32 bits per heavy atom. The van der Waals surface area contributed by atoms with Crippen LogP contribution in [0.3, 0.4) is 0 Å². The van der Waals surface area contributed by atoms with E-state index in [9.17, 15) is 17.6 Å². The maximum atomic E-state index is 13.6. The van der Waals surface area contributed by atoms with Gasteiger partial charge in [-0.3, -0.25) is 4.79 Å². The third-order valence-corrected chi connectivity index (χ3v) is 5.88. The van der Waals surface area contributed by atoms with Gasteiger partial charge in [0.05, 0.1) is 11.8 Å². The summed E-state index contributed by atoms with van der Waals surface area (Å²) >= 11 is 12.1. The van der Waals surface area contributed by atoms with Crippen LogP contribution in [0.15, 0.2) is 48.7 Å². The van der Waals surface area contributed by atoms with Gasteiger partial charge < -0.3 is 0 Å². The summed E-state index contributed by atoms with van der Waals surface area (Å²) in [6.07, 6.45) is 1.09. The highest BCUT2D eigenvalue weighted by atomic mass is 35.5. The third kappa shape index (κ3) is 3.95. The molecule has 6 nitrogen and oxygen atoms in total. The molecule has 0 spiro atoms. The van der Waals surface area contributed by atoms with Crippen molar-refractivity contribution in [3.05, 3.63) is 75.7 Å². The first-order chi connectivity index (χ1) is 13.1. The van der Waals surface area contributed by atoms with Gasteiger partial charge in [-0.25, -0.2) is 4.39 Å². The fourth-order valence-corrected chi connectivity index (χ4v) is 3.78. The minimum Gasteiger partial charge on any atom is -0.288 e. The van der Waals surface area contributed by atoms with Gasteiger partial charge in [-0.2, -0.15) is 21.9 Å². The molecule has 0 atom stereocenters. The Morgan fingerprint density at radius 1 is 1.11 bits per heavy atom. The average molecular weight is 442 g/mol. The number of carbonyl (C=O) groups excluding carboxylic acids is 1. The van der Waals surface area contributed by atoms with E-state index in [4.69, 9.17) is 23.2 Å². The Hall–Kier alpha value is -2.26. The van der Waals surface area contributed by atoms with Crippen molar-refractivity contribution in [2.24, 2.45) is 0 Å². The van der Waals surface area contributed by atoms with Crippen molar-refractivity contribution in [2.45, 2.75) is 0 Å². The van der Waals surface area contributed by atoms with E-state index in [1.165, 1.54) is 50.5 Å².